The first kappa shape index (κ1) is 20.3. The summed E-state index contributed by atoms with van der Waals surface area (Å²) >= 11 is 0. The van der Waals surface area contributed by atoms with E-state index in [-0.39, 0.29) is 12.2 Å². The summed E-state index contributed by atoms with van der Waals surface area (Å²) in [6.07, 6.45) is 7.10. The van der Waals surface area contributed by atoms with Crippen LogP contribution in [0.1, 0.15) is 80.1 Å². The van der Waals surface area contributed by atoms with E-state index in [1.807, 2.05) is 0 Å². The molecule has 6 atom stereocenters. The molecule has 2 rings (SSSR count). The molecule has 0 spiro atoms. The third-order valence-electron chi connectivity index (χ3n) is 6.37. The molecule has 0 amide bonds. The monoisotopic (exact) mass is 357 g/mol. The van der Waals surface area contributed by atoms with Crippen LogP contribution in [0.25, 0.3) is 0 Å². The SMILES string of the molecule is CC(C)[C@H]1CC[C@@H](C)C[C@@H]1O[P+](=O)O[C@H]1C[C@H](C)CC[C@@H]1C(C)C. The highest BCUT2D eigenvalue weighted by atomic mass is 31.1. The average Bonchev–Trinajstić information content (AvgIpc) is 2.46. The second kappa shape index (κ2) is 9.10. The van der Waals surface area contributed by atoms with Gasteiger partial charge in [-0.1, -0.05) is 54.4 Å². The fraction of sp³-hybridized carbons (Fsp3) is 1.00. The molecule has 24 heavy (non-hydrogen) atoms. The molecule has 0 bridgehead atoms. The lowest BCUT2D eigenvalue weighted by molar-refractivity contribution is 0.00532. The third kappa shape index (κ3) is 5.51. The second-order valence-electron chi connectivity index (χ2n) is 9.16. The van der Waals surface area contributed by atoms with Crippen LogP contribution >= 0.6 is 8.25 Å². The normalized spacial score (nSPS) is 37.8. The van der Waals surface area contributed by atoms with E-state index in [0.717, 1.165) is 12.8 Å². The number of hydrogen-bond donors (Lipinski definition) is 0. The molecule has 0 heterocycles. The van der Waals surface area contributed by atoms with E-state index in [4.69, 9.17) is 9.05 Å². The van der Waals surface area contributed by atoms with Gasteiger partial charge in [0.15, 0.2) is 0 Å². The van der Waals surface area contributed by atoms with Crippen molar-refractivity contribution in [1.82, 2.24) is 0 Å². The highest BCUT2D eigenvalue weighted by Crippen LogP contribution is 2.44. The van der Waals surface area contributed by atoms with E-state index in [1.54, 1.807) is 0 Å². The third-order valence-corrected chi connectivity index (χ3v) is 7.25. The lowest BCUT2D eigenvalue weighted by Gasteiger charge is -2.35. The quantitative estimate of drug-likeness (QED) is 0.502. The predicted molar refractivity (Wildman–Crippen MR) is 100 cm³/mol. The van der Waals surface area contributed by atoms with Crippen LogP contribution in [0.4, 0.5) is 0 Å². The zero-order valence-corrected chi connectivity index (χ0v) is 17.4. The molecule has 4 heteroatoms. The fourth-order valence-corrected chi connectivity index (χ4v) is 5.69. The molecule has 0 aromatic carbocycles. The first-order valence-electron chi connectivity index (χ1n) is 10.1. The molecule has 140 valence electrons. The Morgan fingerprint density at radius 3 is 1.46 bits per heavy atom. The molecule has 0 aromatic rings. The lowest BCUT2D eigenvalue weighted by atomic mass is 9.75. The van der Waals surface area contributed by atoms with Crippen molar-refractivity contribution in [3.8, 4) is 0 Å². The van der Waals surface area contributed by atoms with Crippen molar-refractivity contribution in [3.05, 3.63) is 0 Å². The smallest absolute Gasteiger partial charge is 0.115 e. The molecule has 0 aromatic heterocycles. The maximum absolute atomic E-state index is 12.6. The molecule has 3 nitrogen and oxygen atoms in total. The van der Waals surface area contributed by atoms with E-state index in [2.05, 4.69) is 41.5 Å². The molecule has 0 unspecified atom stereocenters. The summed E-state index contributed by atoms with van der Waals surface area (Å²) in [4.78, 5) is 0. The molecule has 2 aliphatic carbocycles. The van der Waals surface area contributed by atoms with Gasteiger partial charge >= 0.3 is 8.25 Å². The van der Waals surface area contributed by atoms with Gasteiger partial charge in [-0.2, -0.15) is 0 Å². The Morgan fingerprint density at radius 2 is 1.12 bits per heavy atom. The molecule has 0 N–H and O–H groups in total. The molecule has 0 radical (unpaired) electrons. The standard InChI is InChI=1S/C20H38O3P/c1-13(2)17-9-7-15(5)11-19(17)22-24(21)23-20-12-16(6)8-10-18(20)14(3)4/h13-20H,7-12H2,1-6H3/q+1/t15-,16-,17-,18-,19+,20+/m1/s1. The summed E-state index contributed by atoms with van der Waals surface area (Å²) in [6.45, 7) is 13.6. The minimum Gasteiger partial charge on any atom is -0.115 e. The summed E-state index contributed by atoms with van der Waals surface area (Å²) in [6, 6.07) is 0. The van der Waals surface area contributed by atoms with Gasteiger partial charge in [0.25, 0.3) is 0 Å². The average molecular weight is 357 g/mol. The highest BCUT2D eigenvalue weighted by Gasteiger charge is 2.42. The second-order valence-corrected chi connectivity index (χ2v) is 10.0. The summed E-state index contributed by atoms with van der Waals surface area (Å²) in [7, 11) is -2.02. The molecular formula is C20H38O3P+. The Balaban J connectivity index is 1.94. The van der Waals surface area contributed by atoms with Gasteiger partial charge in [-0.15, -0.1) is 9.05 Å². The van der Waals surface area contributed by atoms with Gasteiger partial charge in [-0.3, -0.25) is 0 Å². The lowest BCUT2D eigenvalue weighted by Crippen LogP contribution is -2.35. The van der Waals surface area contributed by atoms with Gasteiger partial charge in [-0.05, 0) is 61.2 Å². The Kier molecular flexibility index (Phi) is 7.71. The van der Waals surface area contributed by atoms with Crippen molar-refractivity contribution in [1.29, 1.82) is 0 Å². The van der Waals surface area contributed by atoms with Crippen molar-refractivity contribution < 1.29 is 13.6 Å². The van der Waals surface area contributed by atoms with Crippen molar-refractivity contribution in [3.63, 3.8) is 0 Å². The Labute approximate surface area is 150 Å². The van der Waals surface area contributed by atoms with Crippen LogP contribution in [0.15, 0.2) is 0 Å². The summed E-state index contributed by atoms with van der Waals surface area (Å²) in [5, 5.41) is 0. The van der Waals surface area contributed by atoms with Crippen LogP contribution in [0.2, 0.25) is 0 Å². The highest BCUT2D eigenvalue weighted by molar-refractivity contribution is 7.33. The maximum atomic E-state index is 12.6. The fourth-order valence-electron chi connectivity index (χ4n) is 4.72. The molecule has 0 saturated heterocycles. The first-order valence-corrected chi connectivity index (χ1v) is 11.2. The van der Waals surface area contributed by atoms with Crippen molar-refractivity contribution in [2.24, 2.45) is 35.5 Å². The van der Waals surface area contributed by atoms with Crippen molar-refractivity contribution >= 4 is 8.25 Å². The molecular weight excluding hydrogens is 319 g/mol. The van der Waals surface area contributed by atoms with Crippen LogP contribution in [-0.2, 0) is 13.6 Å². The Bertz CT molecular complexity index is 374. The molecule has 2 aliphatic rings. The molecule has 0 aliphatic heterocycles. The zero-order valence-electron chi connectivity index (χ0n) is 16.5. The number of hydrogen-bond acceptors (Lipinski definition) is 3. The largest absolute Gasteiger partial charge is 0.697 e. The van der Waals surface area contributed by atoms with Crippen LogP contribution in [0.5, 0.6) is 0 Å². The van der Waals surface area contributed by atoms with Crippen LogP contribution in [0, 0.1) is 35.5 Å². The van der Waals surface area contributed by atoms with Gasteiger partial charge in [0, 0.05) is 4.57 Å². The van der Waals surface area contributed by atoms with Gasteiger partial charge in [0.05, 0.1) is 0 Å². The van der Waals surface area contributed by atoms with Gasteiger partial charge < -0.3 is 0 Å². The summed E-state index contributed by atoms with van der Waals surface area (Å²) < 4.78 is 24.6. The van der Waals surface area contributed by atoms with Gasteiger partial charge in [0.2, 0.25) is 0 Å². The molecule has 2 saturated carbocycles. The van der Waals surface area contributed by atoms with Crippen LogP contribution < -0.4 is 0 Å². The predicted octanol–water partition coefficient (Wildman–Crippen LogP) is 6.60. The van der Waals surface area contributed by atoms with Crippen molar-refractivity contribution in [2.45, 2.75) is 92.3 Å². The Hall–Kier alpha value is 0.0200. The Morgan fingerprint density at radius 1 is 0.750 bits per heavy atom. The van der Waals surface area contributed by atoms with E-state index in [9.17, 15) is 4.57 Å². The topological polar surface area (TPSA) is 35.5 Å². The summed E-state index contributed by atoms with van der Waals surface area (Å²) in [5.74, 6) is 3.48. The molecule has 2 fully saturated rings. The van der Waals surface area contributed by atoms with Crippen LogP contribution in [0.3, 0.4) is 0 Å². The van der Waals surface area contributed by atoms with E-state index in [0.29, 0.717) is 35.5 Å². The summed E-state index contributed by atoms with van der Waals surface area (Å²) in [5.41, 5.74) is 0. The van der Waals surface area contributed by atoms with Crippen LogP contribution in [-0.4, -0.2) is 12.2 Å². The van der Waals surface area contributed by atoms with Gasteiger partial charge in [-0.25, -0.2) is 0 Å². The first-order chi connectivity index (χ1) is 11.3. The van der Waals surface area contributed by atoms with E-state index in [1.165, 1.54) is 25.7 Å². The van der Waals surface area contributed by atoms with Gasteiger partial charge in [0.1, 0.15) is 12.2 Å². The minimum atomic E-state index is -2.02. The van der Waals surface area contributed by atoms with E-state index < -0.39 is 8.25 Å². The number of rotatable bonds is 6. The minimum absolute atomic E-state index is 0.0934. The van der Waals surface area contributed by atoms with Crippen molar-refractivity contribution in [2.75, 3.05) is 0 Å². The van der Waals surface area contributed by atoms with E-state index >= 15 is 0 Å². The maximum Gasteiger partial charge on any atom is 0.697 e. The zero-order chi connectivity index (χ0) is 17.9.